The first-order valence-electron chi connectivity index (χ1n) is 7.15. The molecule has 1 N–H and O–H groups in total. The molecule has 1 aromatic heterocycles. The van der Waals surface area contributed by atoms with Crippen LogP contribution in [0.4, 0.5) is 0 Å². The van der Waals surface area contributed by atoms with Crippen LogP contribution in [-0.4, -0.2) is 30.3 Å². The minimum atomic E-state index is -0.178. The van der Waals surface area contributed by atoms with Crippen LogP contribution >= 0.6 is 0 Å². The minimum absolute atomic E-state index is 0.122. The van der Waals surface area contributed by atoms with Gasteiger partial charge in [0.05, 0.1) is 12.3 Å². The normalized spacial score (nSPS) is 17.9. The molecule has 0 radical (unpaired) electrons. The van der Waals surface area contributed by atoms with E-state index in [9.17, 15) is 4.79 Å². The second-order valence-electron chi connectivity index (χ2n) is 5.28. The van der Waals surface area contributed by atoms with E-state index in [4.69, 9.17) is 9.26 Å². The number of amides is 1. The van der Waals surface area contributed by atoms with Crippen LogP contribution in [0.3, 0.4) is 0 Å². The molecule has 2 heterocycles. The van der Waals surface area contributed by atoms with Crippen LogP contribution < -0.4 is 5.32 Å². The van der Waals surface area contributed by atoms with E-state index in [2.05, 4.69) is 10.5 Å². The lowest BCUT2D eigenvalue weighted by atomic mass is 10.1. The summed E-state index contributed by atoms with van der Waals surface area (Å²) in [7, 11) is 0. The Bertz CT molecular complexity index is 613. The van der Waals surface area contributed by atoms with E-state index in [1.165, 1.54) is 6.20 Å². The molecule has 1 aliphatic heterocycles. The number of aryl methyl sites for hydroxylation is 1. The van der Waals surface area contributed by atoms with Gasteiger partial charge in [0.25, 0.3) is 5.91 Å². The number of rotatable bonds is 4. The number of nitrogens with one attached hydrogen (secondary N) is 1. The Morgan fingerprint density at radius 3 is 2.90 bits per heavy atom. The van der Waals surface area contributed by atoms with E-state index in [1.807, 2.05) is 31.2 Å². The van der Waals surface area contributed by atoms with Crippen LogP contribution in [0.1, 0.15) is 28.8 Å². The Kier molecular flexibility index (Phi) is 4.01. The summed E-state index contributed by atoms with van der Waals surface area (Å²) in [6, 6.07) is 7.80. The van der Waals surface area contributed by atoms with Crippen molar-refractivity contribution >= 4 is 5.91 Å². The van der Waals surface area contributed by atoms with Crippen molar-refractivity contribution in [2.24, 2.45) is 0 Å². The standard InChI is InChI=1S/C16H18N2O3/c1-11-4-6-12(7-5-11)15-14(10-18-21-15)16(19)17-9-13-3-2-8-20-13/h4-7,10,13H,2-3,8-9H2,1H3,(H,17,19). The third-order valence-electron chi connectivity index (χ3n) is 3.64. The molecule has 0 spiro atoms. The first kappa shape index (κ1) is 13.8. The zero-order valence-corrected chi connectivity index (χ0v) is 12.0. The number of carbonyl (C=O) groups excluding carboxylic acids is 1. The van der Waals surface area contributed by atoms with Crippen LogP contribution in [0.2, 0.25) is 0 Å². The molecule has 3 rings (SSSR count). The third kappa shape index (κ3) is 3.13. The van der Waals surface area contributed by atoms with Gasteiger partial charge in [-0.2, -0.15) is 0 Å². The maximum atomic E-state index is 12.3. The van der Waals surface area contributed by atoms with E-state index < -0.39 is 0 Å². The second-order valence-corrected chi connectivity index (χ2v) is 5.28. The van der Waals surface area contributed by atoms with Crippen LogP contribution in [0, 0.1) is 6.92 Å². The van der Waals surface area contributed by atoms with E-state index in [-0.39, 0.29) is 12.0 Å². The highest BCUT2D eigenvalue weighted by Crippen LogP contribution is 2.24. The topological polar surface area (TPSA) is 64.4 Å². The summed E-state index contributed by atoms with van der Waals surface area (Å²) in [5, 5.41) is 6.64. The number of ether oxygens (including phenoxy) is 1. The largest absolute Gasteiger partial charge is 0.376 e. The predicted molar refractivity (Wildman–Crippen MR) is 78.0 cm³/mol. The van der Waals surface area contributed by atoms with Gasteiger partial charge in [-0.15, -0.1) is 0 Å². The molecule has 21 heavy (non-hydrogen) atoms. The molecule has 5 heteroatoms. The highest BCUT2D eigenvalue weighted by Gasteiger charge is 2.20. The fourth-order valence-corrected chi connectivity index (χ4v) is 2.42. The van der Waals surface area contributed by atoms with Crippen molar-refractivity contribution in [1.82, 2.24) is 10.5 Å². The molecule has 0 saturated carbocycles. The smallest absolute Gasteiger partial charge is 0.256 e. The van der Waals surface area contributed by atoms with Gasteiger partial charge in [-0.05, 0) is 19.8 Å². The van der Waals surface area contributed by atoms with Gasteiger partial charge in [-0.25, -0.2) is 0 Å². The lowest BCUT2D eigenvalue weighted by Crippen LogP contribution is -2.31. The lowest BCUT2D eigenvalue weighted by molar-refractivity contribution is 0.0858. The Morgan fingerprint density at radius 1 is 1.38 bits per heavy atom. The molecule has 1 aromatic carbocycles. The predicted octanol–water partition coefficient (Wildman–Crippen LogP) is 2.56. The van der Waals surface area contributed by atoms with E-state index in [0.29, 0.717) is 17.9 Å². The summed E-state index contributed by atoms with van der Waals surface area (Å²) in [6.45, 7) is 3.32. The number of hydrogen-bond acceptors (Lipinski definition) is 4. The van der Waals surface area contributed by atoms with Crippen LogP contribution in [0.25, 0.3) is 11.3 Å². The van der Waals surface area contributed by atoms with Gasteiger partial charge in [-0.3, -0.25) is 4.79 Å². The van der Waals surface area contributed by atoms with E-state index >= 15 is 0 Å². The van der Waals surface area contributed by atoms with Crippen molar-refractivity contribution in [1.29, 1.82) is 0 Å². The molecule has 2 aromatic rings. The Morgan fingerprint density at radius 2 is 2.19 bits per heavy atom. The van der Waals surface area contributed by atoms with Crippen LogP contribution in [0.15, 0.2) is 35.0 Å². The number of aromatic nitrogens is 1. The fraction of sp³-hybridized carbons (Fsp3) is 0.375. The van der Waals surface area contributed by atoms with Crippen molar-refractivity contribution < 1.29 is 14.1 Å². The van der Waals surface area contributed by atoms with E-state index in [1.54, 1.807) is 0 Å². The lowest BCUT2D eigenvalue weighted by Gasteiger charge is -2.10. The maximum absolute atomic E-state index is 12.3. The molecule has 1 fully saturated rings. The quantitative estimate of drug-likeness (QED) is 0.938. The molecule has 1 atom stereocenters. The molecule has 0 aliphatic carbocycles. The number of benzene rings is 1. The molecular weight excluding hydrogens is 268 g/mol. The monoisotopic (exact) mass is 286 g/mol. The van der Waals surface area contributed by atoms with Crippen molar-refractivity contribution in [3.63, 3.8) is 0 Å². The van der Waals surface area contributed by atoms with Gasteiger partial charge in [0.2, 0.25) is 0 Å². The van der Waals surface area contributed by atoms with Crippen molar-refractivity contribution in [3.8, 4) is 11.3 Å². The van der Waals surface area contributed by atoms with E-state index in [0.717, 1.165) is 30.6 Å². The van der Waals surface area contributed by atoms with Crippen LogP contribution in [0.5, 0.6) is 0 Å². The summed E-state index contributed by atoms with van der Waals surface area (Å²) in [5.74, 6) is 0.321. The van der Waals surface area contributed by atoms with Gasteiger partial charge in [0.1, 0.15) is 5.56 Å². The SMILES string of the molecule is Cc1ccc(-c2oncc2C(=O)NCC2CCCO2)cc1. The summed E-state index contributed by atoms with van der Waals surface area (Å²) in [5.41, 5.74) is 2.46. The highest BCUT2D eigenvalue weighted by atomic mass is 16.5. The average molecular weight is 286 g/mol. The van der Waals surface area contributed by atoms with Crippen LogP contribution in [-0.2, 0) is 4.74 Å². The maximum Gasteiger partial charge on any atom is 0.256 e. The summed E-state index contributed by atoms with van der Waals surface area (Å²) in [4.78, 5) is 12.3. The molecular formula is C16H18N2O3. The number of carbonyl (C=O) groups is 1. The summed E-state index contributed by atoms with van der Waals surface area (Å²) < 4.78 is 10.7. The van der Waals surface area contributed by atoms with Gasteiger partial charge < -0.3 is 14.6 Å². The Balaban J connectivity index is 1.72. The Hall–Kier alpha value is -2.14. The number of hydrogen-bond donors (Lipinski definition) is 1. The molecule has 1 unspecified atom stereocenters. The molecule has 1 aliphatic rings. The van der Waals surface area contributed by atoms with Crippen molar-refractivity contribution in [2.75, 3.05) is 13.2 Å². The first-order valence-corrected chi connectivity index (χ1v) is 7.15. The molecule has 5 nitrogen and oxygen atoms in total. The molecule has 0 bridgehead atoms. The first-order chi connectivity index (χ1) is 10.2. The fourth-order valence-electron chi connectivity index (χ4n) is 2.42. The average Bonchev–Trinajstić information content (AvgIpc) is 3.17. The number of nitrogens with zero attached hydrogens (tertiary/aromatic N) is 1. The van der Waals surface area contributed by atoms with Crippen molar-refractivity contribution in [3.05, 3.63) is 41.6 Å². The third-order valence-corrected chi connectivity index (χ3v) is 3.64. The summed E-state index contributed by atoms with van der Waals surface area (Å²) in [6.07, 6.45) is 3.63. The molecule has 110 valence electrons. The Labute approximate surface area is 123 Å². The van der Waals surface area contributed by atoms with Gasteiger partial charge in [0, 0.05) is 18.7 Å². The zero-order valence-electron chi connectivity index (χ0n) is 12.0. The summed E-state index contributed by atoms with van der Waals surface area (Å²) >= 11 is 0. The van der Waals surface area contributed by atoms with Crippen molar-refractivity contribution in [2.45, 2.75) is 25.9 Å². The zero-order chi connectivity index (χ0) is 14.7. The van der Waals surface area contributed by atoms with Gasteiger partial charge >= 0.3 is 0 Å². The van der Waals surface area contributed by atoms with Gasteiger partial charge in [-0.1, -0.05) is 35.0 Å². The van der Waals surface area contributed by atoms with Gasteiger partial charge in [0.15, 0.2) is 5.76 Å². The molecule has 1 amide bonds. The highest BCUT2D eigenvalue weighted by molar-refractivity contribution is 5.99. The molecule has 1 saturated heterocycles. The second kappa shape index (κ2) is 6.10. The minimum Gasteiger partial charge on any atom is -0.376 e.